The fraction of sp³-hybridized carbons (Fsp3) is 0.650. The Balaban J connectivity index is 1.61. The second-order valence-corrected chi connectivity index (χ2v) is 9.94. The highest BCUT2D eigenvalue weighted by molar-refractivity contribution is 7.89. The van der Waals surface area contributed by atoms with Crippen LogP contribution >= 0.6 is 0 Å². The first kappa shape index (κ1) is 20.3. The SMILES string of the molecule is Cc1ccc(C)c(S(=O)(=O)N2CCN(C(=O)C[NH+]3CCCC[C@@H]3C)CC2)c1. The lowest BCUT2D eigenvalue weighted by atomic mass is 10.0. The Hall–Kier alpha value is -1.44. The highest BCUT2D eigenvalue weighted by Crippen LogP contribution is 2.22. The van der Waals surface area contributed by atoms with Crippen LogP contribution in [-0.2, 0) is 14.8 Å². The van der Waals surface area contributed by atoms with Gasteiger partial charge in [0.2, 0.25) is 10.0 Å². The van der Waals surface area contributed by atoms with Gasteiger partial charge < -0.3 is 9.80 Å². The molecule has 6 nitrogen and oxygen atoms in total. The smallest absolute Gasteiger partial charge is 0.277 e. The molecule has 0 radical (unpaired) electrons. The maximum absolute atomic E-state index is 13.0. The molecule has 2 fully saturated rings. The van der Waals surface area contributed by atoms with E-state index in [9.17, 15) is 13.2 Å². The number of carbonyl (C=O) groups is 1. The zero-order valence-electron chi connectivity index (χ0n) is 16.7. The van der Waals surface area contributed by atoms with Crippen LogP contribution in [0.25, 0.3) is 0 Å². The van der Waals surface area contributed by atoms with Gasteiger partial charge in [0.15, 0.2) is 6.54 Å². The van der Waals surface area contributed by atoms with Gasteiger partial charge in [0.1, 0.15) is 0 Å². The predicted molar refractivity (Wildman–Crippen MR) is 105 cm³/mol. The van der Waals surface area contributed by atoms with Gasteiger partial charge in [-0.2, -0.15) is 4.31 Å². The Morgan fingerprint density at radius 2 is 1.85 bits per heavy atom. The van der Waals surface area contributed by atoms with Crippen LogP contribution in [0.5, 0.6) is 0 Å². The van der Waals surface area contributed by atoms with E-state index < -0.39 is 10.0 Å². The van der Waals surface area contributed by atoms with Gasteiger partial charge in [0, 0.05) is 26.2 Å². The number of hydrogen-bond donors (Lipinski definition) is 1. The van der Waals surface area contributed by atoms with E-state index in [-0.39, 0.29) is 5.91 Å². The van der Waals surface area contributed by atoms with Crippen molar-refractivity contribution in [1.29, 1.82) is 0 Å². The second-order valence-electron chi connectivity index (χ2n) is 8.04. The Morgan fingerprint density at radius 3 is 2.52 bits per heavy atom. The van der Waals surface area contributed by atoms with Crippen molar-refractivity contribution in [2.24, 2.45) is 0 Å². The maximum Gasteiger partial charge on any atom is 0.277 e. The fourth-order valence-corrected chi connectivity index (χ4v) is 5.86. The maximum atomic E-state index is 13.0. The molecule has 1 aromatic carbocycles. The normalized spacial score (nSPS) is 24.8. The van der Waals surface area contributed by atoms with Gasteiger partial charge >= 0.3 is 0 Å². The fourth-order valence-electron chi connectivity index (χ4n) is 4.12. The number of rotatable bonds is 4. The molecule has 27 heavy (non-hydrogen) atoms. The van der Waals surface area contributed by atoms with Crippen molar-refractivity contribution in [3.63, 3.8) is 0 Å². The Kier molecular flexibility index (Phi) is 6.23. The Labute approximate surface area is 163 Å². The van der Waals surface area contributed by atoms with Crippen LogP contribution in [0.1, 0.15) is 37.3 Å². The number of nitrogens with zero attached hydrogens (tertiary/aromatic N) is 2. The average molecular weight is 395 g/mol. The van der Waals surface area contributed by atoms with Gasteiger partial charge in [0.25, 0.3) is 5.91 Å². The number of quaternary nitrogens is 1. The van der Waals surface area contributed by atoms with E-state index in [4.69, 9.17) is 0 Å². The molecule has 1 aromatic rings. The van der Waals surface area contributed by atoms with Crippen molar-refractivity contribution < 1.29 is 18.1 Å². The summed E-state index contributed by atoms with van der Waals surface area (Å²) >= 11 is 0. The van der Waals surface area contributed by atoms with Gasteiger partial charge in [-0.1, -0.05) is 12.1 Å². The summed E-state index contributed by atoms with van der Waals surface area (Å²) < 4.78 is 27.6. The van der Waals surface area contributed by atoms with E-state index in [0.29, 0.717) is 43.7 Å². The zero-order valence-corrected chi connectivity index (χ0v) is 17.5. The lowest BCUT2D eigenvalue weighted by Crippen LogP contribution is -3.17. The molecule has 1 N–H and O–H groups in total. The number of amides is 1. The third-order valence-corrected chi connectivity index (χ3v) is 8.05. The number of hydrogen-bond acceptors (Lipinski definition) is 3. The molecule has 1 unspecified atom stereocenters. The topological polar surface area (TPSA) is 62.1 Å². The van der Waals surface area contributed by atoms with E-state index in [1.54, 1.807) is 6.07 Å². The van der Waals surface area contributed by atoms with E-state index in [1.807, 2.05) is 30.9 Å². The van der Waals surface area contributed by atoms with Crippen molar-refractivity contribution >= 4 is 15.9 Å². The van der Waals surface area contributed by atoms with Crippen LogP contribution in [-0.4, -0.2) is 68.8 Å². The first-order chi connectivity index (χ1) is 12.8. The van der Waals surface area contributed by atoms with Crippen LogP contribution < -0.4 is 4.90 Å². The van der Waals surface area contributed by atoms with Crippen LogP contribution in [0.3, 0.4) is 0 Å². The first-order valence-electron chi connectivity index (χ1n) is 9.99. The molecule has 0 bridgehead atoms. The lowest BCUT2D eigenvalue weighted by molar-refractivity contribution is -0.921. The van der Waals surface area contributed by atoms with Crippen LogP contribution in [0, 0.1) is 13.8 Å². The Morgan fingerprint density at radius 1 is 1.15 bits per heavy atom. The minimum absolute atomic E-state index is 0.155. The highest BCUT2D eigenvalue weighted by Gasteiger charge is 2.33. The minimum Gasteiger partial charge on any atom is -0.335 e. The summed E-state index contributed by atoms with van der Waals surface area (Å²) in [6, 6.07) is 6.05. The molecule has 0 spiro atoms. The molecule has 150 valence electrons. The zero-order chi connectivity index (χ0) is 19.6. The van der Waals surface area contributed by atoms with E-state index in [0.717, 1.165) is 17.7 Å². The van der Waals surface area contributed by atoms with Gasteiger partial charge in [-0.25, -0.2) is 8.42 Å². The third-order valence-electron chi connectivity index (χ3n) is 6.01. The molecule has 1 amide bonds. The molecular formula is C20H32N3O3S+. The first-order valence-corrected chi connectivity index (χ1v) is 11.4. The summed E-state index contributed by atoms with van der Waals surface area (Å²) in [7, 11) is -3.51. The number of carbonyl (C=O) groups excluding carboxylic acids is 1. The number of aryl methyl sites for hydroxylation is 2. The number of likely N-dealkylation sites (tertiary alicyclic amines) is 1. The Bertz CT molecular complexity index is 786. The summed E-state index contributed by atoms with van der Waals surface area (Å²) in [4.78, 5) is 16.3. The highest BCUT2D eigenvalue weighted by atomic mass is 32.2. The summed E-state index contributed by atoms with van der Waals surface area (Å²) in [5.41, 5.74) is 1.70. The number of benzene rings is 1. The third kappa shape index (κ3) is 4.52. The quantitative estimate of drug-likeness (QED) is 0.813. The van der Waals surface area contributed by atoms with Crippen LogP contribution in [0.2, 0.25) is 0 Å². The molecule has 7 heteroatoms. The summed E-state index contributed by atoms with van der Waals surface area (Å²) in [5.74, 6) is 0.155. The number of piperazine rings is 1. The number of piperidine rings is 1. The van der Waals surface area contributed by atoms with Crippen LogP contribution in [0.4, 0.5) is 0 Å². The van der Waals surface area contributed by atoms with Crippen molar-refractivity contribution in [3.05, 3.63) is 29.3 Å². The molecule has 2 heterocycles. The molecule has 3 rings (SSSR count). The van der Waals surface area contributed by atoms with Crippen molar-refractivity contribution in [2.75, 3.05) is 39.3 Å². The molecular weight excluding hydrogens is 362 g/mol. The average Bonchev–Trinajstić information content (AvgIpc) is 2.65. The molecule has 2 aliphatic heterocycles. The molecule has 0 saturated carbocycles. The summed E-state index contributed by atoms with van der Waals surface area (Å²) in [6.45, 7) is 9.23. The van der Waals surface area contributed by atoms with Crippen LogP contribution in [0.15, 0.2) is 23.1 Å². The summed E-state index contributed by atoms with van der Waals surface area (Å²) in [6.07, 6.45) is 3.63. The van der Waals surface area contributed by atoms with E-state index in [2.05, 4.69) is 6.92 Å². The van der Waals surface area contributed by atoms with Gasteiger partial charge in [0.05, 0.1) is 17.5 Å². The van der Waals surface area contributed by atoms with Gasteiger partial charge in [-0.15, -0.1) is 0 Å². The second kappa shape index (κ2) is 8.29. The molecule has 0 aliphatic carbocycles. The van der Waals surface area contributed by atoms with Gasteiger partial charge in [-0.05, 0) is 57.2 Å². The standard InChI is InChI=1S/C20H31N3O3S/c1-16-7-8-17(2)19(14-16)27(25,26)23-12-10-21(11-13-23)20(24)15-22-9-5-4-6-18(22)3/h7-8,14,18H,4-6,9-13,15H2,1-3H3/p+1/t18-/m0/s1. The van der Waals surface area contributed by atoms with Crippen molar-refractivity contribution in [3.8, 4) is 0 Å². The monoisotopic (exact) mass is 394 g/mol. The van der Waals surface area contributed by atoms with Gasteiger partial charge in [-0.3, -0.25) is 4.79 Å². The lowest BCUT2D eigenvalue weighted by Gasteiger charge is -2.36. The molecule has 0 aromatic heterocycles. The van der Waals surface area contributed by atoms with Crippen molar-refractivity contribution in [1.82, 2.24) is 9.21 Å². The molecule has 2 atom stereocenters. The molecule has 2 saturated heterocycles. The van der Waals surface area contributed by atoms with Crippen molar-refractivity contribution in [2.45, 2.75) is 51.0 Å². The largest absolute Gasteiger partial charge is 0.335 e. The minimum atomic E-state index is -3.51. The predicted octanol–water partition coefficient (Wildman–Crippen LogP) is 0.594. The number of nitrogens with one attached hydrogen (secondary N) is 1. The number of sulfonamides is 1. The molecule has 2 aliphatic rings. The summed E-state index contributed by atoms with van der Waals surface area (Å²) in [5, 5.41) is 0. The van der Waals surface area contributed by atoms with E-state index in [1.165, 1.54) is 28.5 Å². The van der Waals surface area contributed by atoms with E-state index >= 15 is 0 Å².